The Balaban J connectivity index is 2.53. The summed E-state index contributed by atoms with van der Waals surface area (Å²) < 4.78 is 0. The Hall–Kier alpha value is -1.30. The van der Waals surface area contributed by atoms with Crippen LogP contribution >= 0.6 is 0 Å². The summed E-state index contributed by atoms with van der Waals surface area (Å²) in [6.45, 7) is 3.60. The molecule has 1 aliphatic rings. The van der Waals surface area contributed by atoms with Crippen LogP contribution in [0.3, 0.4) is 0 Å². The van der Waals surface area contributed by atoms with Gasteiger partial charge in [0.05, 0.1) is 0 Å². The highest BCUT2D eigenvalue weighted by atomic mass is 13.9. The van der Waals surface area contributed by atoms with E-state index < -0.39 is 0 Å². The van der Waals surface area contributed by atoms with Crippen molar-refractivity contribution in [3.8, 4) is 0 Å². The highest BCUT2D eigenvalue weighted by Crippen LogP contribution is 2.09. The summed E-state index contributed by atoms with van der Waals surface area (Å²) in [6, 6.07) is 0. The van der Waals surface area contributed by atoms with Gasteiger partial charge in [-0.3, -0.25) is 0 Å². The highest BCUT2D eigenvalue weighted by Gasteiger charge is 1.89. The highest BCUT2D eigenvalue weighted by molar-refractivity contribution is 5.32. The van der Waals surface area contributed by atoms with Gasteiger partial charge in [-0.1, -0.05) is 55.2 Å². The number of hydrogen-bond acceptors (Lipinski definition) is 0. The molecule has 1 aliphatic carbocycles. The number of hydrogen-bond donors (Lipinski definition) is 0. The SMILES string of the molecule is C=C/C=C\C=C1\C=CC=CC1. The van der Waals surface area contributed by atoms with Gasteiger partial charge in [0.2, 0.25) is 0 Å². The zero-order valence-electron chi connectivity index (χ0n) is 6.53. The molecule has 56 valence electrons. The van der Waals surface area contributed by atoms with Gasteiger partial charge in [-0.25, -0.2) is 0 Å². The van der Waals surface area contributed by atoms with Gasteiger partial charge in [-0.2, -0.15) is 0 Å². The summed E-state index contributed by atoms with van der Waals surface area (Å²) in [6.07, 6.45) is 17.2. The summed E-state index contributed by atoms with van der Waals surface area (Å²) in [5.41, 5.74) is 1.34. The van der Waals surface area contributed by atoms with Gasteiger partial charge in [0, 0.05) is 0 Å². The maximum Gasteiger partial charge on any atom is -0.00943 e. The molecule has 0 saturated heterocycles. The Bertz CT molecular complexity index is 237. The molecule has 0 fully saturated rings. The van der Waals surface area contributed by atoms with Gasteiger partial charge in [0.25, 0.3) is 0 Å². The third kappa shape index (κ3) is 2.85. The van der Waals surface area contributed by atoms with Crippen molar-refractivity contribution >= 4 is 0 Å². The van der Waals surface area contributed by atoms with Gasteiger partial charge in [0.1, 0.15) is 0 Å². The second-order valence-corrected chi connectivity index (χ2v) is 2.35. The summed E-state index contributed by atoms with van der Waals surface area (Å²) in [7, 11) is 0. The van der Waals surface area contributed by atoms with Crippen LogP contribution in [0.2, 0.25) is 0 Å². The Morgan fingerprint density at radius 3 is 2.82 bits per heavy atom. The maximum atomic E-state index is 3.60. The predicted octanol–water partition coefficient (Wildman–Crippen LogP) is 3.17. The molecule has 0 aromatic heterocycles. The molecule has 0 aromatic carbocycles. The predicted molar refractivity (Wildman–Crippen MR) is 50.3 cm³/mol. The minimum absolute atomic E-state index is 1.04. The van der Waals surface area contributed by atoms with E-state index in [-0.39, 0.29) is 0 Å². The average molecular weight is 144 g/mol. The van der Waals surface area contributed by atoms with Crippen LogP contribution in [0.25, 0.3) is 0 Å². The second kappa shape index (κ2) is 4.51. The molecule has 0 saturated carbocycles. The van der Waals surface area contributed by atoms with Crippen molar-refractivity contribution in [1.29, 1.82) is 0 Å². The van der Waals surface area contributed by atoms with Crippen LogP contribution in [0.5, 0.6) is 0 Å². The molecule has 0 spiro atoms. The summed E-state index contributed by atoms with van der Waals surface area (Å²) in [5, 5.41) is 0. The fourth-order valence-corrected chi connectivity index (χ4v) is 0.911. The normalized spacial score (nSPS) is 19.8. The quantitative estimate of drug-likeness (QED) is 0.522. The number of allylic oxidation sites excluding steroid dienone is 9. The van der Waals surface area contributed by atoms with Crippen molar-refractivity contribution in [3.05, 3.63) is 60.8 Å². The average Bonchev–Trinajstić information content (AvgIpc) is 2.07. The molecule has 0 bridgehead atoms. The van der Waals surface area contributed by atoms with E-state index >= 15 is 0 Å². The molecule has 0 aliphatic heterocycles. The summed E-state index contributed by atoms with van der Waals surface area (Å²) in [4.78, 5) is 0. The Labute approximate surface area is 67.9 Å². The van der Waals surface area contributed by atoms with E-state index in [1.54, 1.807) is 6.08 Å². The second-order valence-electron chi connectivity index (χ2n) is 2.35. The van der Waals surface area contributed by atoms with Gasteiger partial charge in [-0.05, 0) is 12.0 Å². The molecule has 0 N–H and O–H groups in total. The van der Waals surface area contributed by atoms with Crippen molar-refractivity contribution in [3.63, 3.8) is 0 Å². The van der Waals surface area contributed by atoms with Crippen molar-refractivity contribution in [1.82, 2.24) is 0 Å². The molecular weight excluding hydrogens is 132 g/mol. The minimum Gasteiger partial charge on any atom is -0.0991 e. The van der Waals surface area contributed by atoms with E-state index in [4.69, 9.17) is 0 Å². The lowest BCUT2D eigenvalue weighted by Gasteiger charge is -1.98. The van der Waals surface area contributed by atoms with Gasteiger partial charge < -0.3 is 0 Å². The van der Waals surface area contributed by atoms with Gasteiger partial charge in [0.15, 0.2) is 0 Å². The third-order valence-electron chi connectivity index (χ3n) is 1.47. The molecule has 11 heavy (non-hydrogen) atoms. The first kappa shape index (κ1) is 7.80. The first-order chi connectivity index (χ1) is 5.43. The van der Waals surface area contributed by atoms with E-state index in [1.807, 2.05) is 12.2 Å². The lowest BCUT2D eigenvalue weighted by Crippen LogP contribution is -1.78. The zero-order valence-corrected chi connectivity index (χ0v) is 6.53. The van der Waals surface area contributed by atoms with Crippen molar-refractivity contribution in [2.75, 3.05) is 0 Å². The first-order valence-corrected chi connectivity index (χ1v) is 3.75. The van der Waals surface area contributed by atoms with Crippen molar-refractivity contribution < 1.29 is 0 Å². The van der Waals surface area contributed by atoms with Crippen molar-refractivity contribution in [2.45, 2.75) is 6.42 Å². The largest absolute Gasteiger partial charge is 0.0991 e. The Morgan fingerprint density at radius 2 is 2.18 bits per heavy atom. The molecule has 0 unspecified atom stereocenters. The van der Waals surface area contributed by atoms with Gasteiger partial charge in [-0.15, -0.1) is 0 Å². The Morgan fingerprint density at radius 1 is 1.27 bits per heavy atom. The van der Waals surface area contributed by atoms with Crippen LogP contribution in [-0.4, -0.2) is 0 Å². The third-order valence-corrected chi connectivity index (χ3v) is 1.47. The topological polar surface area (TPSA) is 0 Å². The van der Waals surface area contributed by atoms with Gasteiger partial charge >= 0.3 is 0 Å². The lowest BCUT2D eigenvalue weighted by atomic mass is 10.1. The molecule has 0 amide bonds. The minimum atomic E-state index is 1.04. The van der Waals surface area contributed by atoms with Crippen LogP contribution in [0, 0.1) is 0 Å². The molecule has 1 rings (SSSR count). The summed E-state index contributed by atoms with van der Waals surface area (Å²) >= 11 is 0. The summed E-state index contributed by atoms with van der Waals surface area (Å²) in [5.74, 6) is 0. The maximum absolute atomic E-state index is 3.60. The van der Waals surface area contributed by atoms with Crippen LogP contribution in [-0.2, 0) is 0 Å². The molecule has 0 atom stereocenters. The van der Waals surface area contributed by atoms with Crippen LogP contribution < -0.4 is 0 Å². The fraction of sp³-hybridized carbons (Fsp3) is 0.0909. The molecular formula is C11H12. The van der Waals surface area contributed by atoms with E-state index in [9.17, 15) is 0 Å². The molecule has 0 nitrogen and oxygen atoms in total. The van der Waals surface area contributed by atoms with Crippen LogP contribution in [0.1, 0.15) is 6.42 Å². The monoisotopic (exact) mass is 144 g/mol. The van der Waals surface area contributed by atoms with E-state index in [2.05, 4.69) is 37.0 Å². The first-order valence-electron chi connectivity index (χ1n) is 3.75. The van der Waals surface area contributed by atoms with Crippen LogP contribution in [0.4, 0.5) is 0 Å². The molecule has 0 radical (unpaired) electrons. The van der Waals surface area contributed by atoms with E-state index in [0.29, 0.717) is 0 Å². The molecule has 0 heterocycles. The van der Waals surface area contributed by atoms with E-state index in [1.165, 1.54) is 5.57 Å². The molecule has 0 aromatic rings. The molecule has 0 heteroatoms. The standard InChI is InChI=1S/C11H12/c1-2-3-5-8-11-9-6-4-7-10-11/h2-9H,1,10H2/b5-3-,11-8-. The van der Waals surface area contributed by atoms with Crippen molar-refractivity contribution in [2.24, 2.45) is 0 Å². The number of rotatable bonds is 2. The fourth-order valence-electron chi connectivity index (χ4n) is 0.911. The Kier molecular flexibility index (Phi) is 3.20. The lowest BCUT2D eigenvalue weighted by molar-refractivity contribution is 1.26. The zero-order chi connectivity index (χ0) is 7.94. The smallest absolute Gasteiger partial charge is 0.00943 e. The van der Waals surface area contributed by atoms with Crippen LogP contribution in [0.15, 0.2) is 60.8 Å². The van der Waals surface area contributed by atoms with E-state index in [0.717, 1.165) is 6.42 Å².